The molecule has 0 amide bonds. The first-order valence-corrected chi connectivity index (χ1v) is 8.97. The van der Waals surface area contributed by atoms with Crippen LogP contribution in [0, 0.1) is 0 Å². The van der Waals surface area contributed by atoms with Crippen LogP contribution in [0.2, 0.25) is 0 Å². The van der Waals surface area contributed by atoms with Gasteiger partial charge in [0.05, 0.1) is 6.26 Å². The first-order chi connectivity index (χ1) is 12.4. The summed E-state index contributed by atoms with van der Waals surface area (Å²) in [5, 5.41) is 3.45. The third-order valence-electron chi connectivity index (χ3n) is 4.54. The van der Waals surface area contributed by atoms with E-state index in [1.165, 1.54) is 12.0 Å². The lowest BCUT2D eigenvalue weighted by Gasteiger charge is -2.21. The summed E-state index contributed by atoms with van der Waals surface area (Å²) in [7, 11) is 1.85. The van der Waals surface area contributed by atoms with E-state index in [0.717, 1.165) is 37.8 Å². The Morgan fingerprint density at radius 3 is 2.85 bits per heavy atom. The fraction of sp³-hybridized carbons (Fsp3) is 0.450. The zero-order valence-corrected chi connectivity index (χ0v) is 17.6. The largest absolute Gasteiger partial charge is 0.467 e. The first-order valence-electron chi connectivity index (χ1n) is 8.97. The maximum absolute atomic E-state index is 5.61. The number of likely N-dealkylation sites (tertiary alicyclic amines) is 1. The van der Waals surface area contributed by atoms with Crippen molar-refractivity contribution >= 4 is 29.9 Å². The minimum atomic E-state index is 0. The Bertz CT molecular complexity index is 646. The molecule has 0 spiro atoms. The van der Waals surface area contributed by atoms with E-state index >= 15 is 0 Å². The third kappa shape index (κ3) is 6.02. The van der Waals surface area contributed by atoms with E-state index in [2.05, 4.69) is 45.5 Å². The number of nitrogens with zero attached hydrogens (tertiary/aromatic N) is 2. The molecule has 1 aromatic carbocycles. The Kier molecular flexibility index (Phi) is 8.97. The Labute approximate surface area is 172 Å². The number of furan rings is 1. The number of nitrogens with one attached hydrogen (secondary N) is 1. The minimum Gasteiger partial charge on any atom is -0.467 e. The van der Waals surface area contributed by atoms with Crippen molar-refractivity contribution in [3.8, 4) is 0 Å². The summed E-state index contributed by atoms with van der Waals surface area (Å²) < 4.78 is 10.8. The van der Waals surface area contributed by atoms with E-state index in [4.69, 9.17) is 9.15 Å². The first kappa shape index (κ1) is 20.8. The van der Waals surface area contributed by atoms with Gasteiger partial charge >= 0.3 is 0 Å². The van der Waals surface area contributed by atoms with E-state index in [9.17, 15) is 0 Å². The van der Waals surface area contributed by atoms with Crippen LogP contribution >= 0.6 is 24.0 Å². The average Bonchev–Trinajstić information content (AvgIpc) is 3.34. The second-order valence-electron chi connectivity index (χ2n) is 6.30. The summed E-state index contributed by atoms with van der Waals surface area (Å²) in [5.74, 6) is 2.45. The number of aliphatic imine (C=N–C) groups is 1. The molecule has 0 saturated carbocycles. The van der Waals surface area contributed by atoms with E-state index in [1.807, 2.05) is 19.2 Å². The number of hydrogen-bond acceptors (Lipinski definition) is 3. The van der Waals surface area contributed by atoms with Crippen LogP contribution in [0.3, 0.4) is 0 Å². The Hall–Kier alpha value is -1.54. The van der Waals surface area contributed by atoms with Crippen molar-refractivity contribution in [2.45, 2.75) is 25.4 Å². The Balaban J connectivity index is 0.00000243. The summed E-state index contributed by atoms with van der Waals surface area (Å²) in [6, 6.07) is 14.6. The quantitative estimate of drug-likeness (QED) is 0.290. The van der Waals surface area contributed by atoms with Crippen LogP contribution in [-0.4, -0.2) is 44.1 Å². The molecule has 0 aliphatic carbocycles. The Morgan fingerprint density at radius 1 is 1.27 bits per heavy atom. The van der Waals surface area contributed by atoms with Gasteiger partial charge in [0.15, 0.2) is 5.96 Å². The fourth-order valence-electron chi connectivity index (χ4n) is 3.22. The minimum absolute atomic E-state index is 0. The highest BCUT2D eigenvalue weighted by Crippen LogP contribution is 2.26. The number of ether oxygens (including phenoxy) is 1. The molecule has 6 heteroatoms. The number of hydrogen-bond donors (Lipinski definition) is 1. The molecule has 1 atom stereocenters. The molecule has 3 rings (SSSR count). The zero-order chi connectivity index (χ0) is 17.3. The van der Waals surface area contributed by atoms with Gasteiger partial charge in [0.25, 0.3) is 0 Å². The summed E-state index contributed by atoms with van der Waals surface area (Å²) in [6.07, 6.45) is 3.79. The molecule has 1 aliphatic heterocycles. The lowest BCUT2D eigenvalue weighted by molar-refractivity contribution is 0.104. The van der Waals surface area contributed by atoms with Crippen LogP contribution in [0.1, 0.15) is 30.1 Å². The highest BCUT2D eigenvalue weighted by Gasteiger charge is 2.25. The SMILES string of the molecule is CN=C(NCCCOCc1ccco1)N1CCC(c2ccccc2)C1.I. The van der Waals surface area contributed by atoms with Crippen LogP contribution in [0.5, 0.6) is 0 Å². The lowest BCUT2D eigenvalue weighted by Crippen LogP contribution is -2.40. The fourth-order valence-corrected chi connectivity index (χ4v) is 3.22. The summed E-state index contributed by atoms with van der Waals surface area (Å²) in [4.78, 5) is 6.78. The Morgan fingerprint density at radius 2 is 2.12 bits per heavy atom. The van der Waals surface area contributed by atoms with Crippen molar-refractivity contribution in [2.24, 2.45) is 4.99 Å². The van der Waals surface area contributed by atoms with Crippen LogP contribution in [-0.2, 0) is 11.3 Å². The van der Waals surface area contributed by atoms with Gasteiger partial charge in [-0.05, 0) is 30.5 Å². The molecule has 1 aromatic heterocycles. The summed E-state index contributed by atoms with van der Waals surface area (Å²) >= 11 is 0. The molecule has 0 bridgehead atoms. The second-order valence-corrected chi connectivity index (χ2v) is 6.30. The molecule has 2 heterocycles. The molecule has 142 valence electrons. The zero-order valence-electron chi connectivity index (χ0n) is 15.3. The molecule has 1 aliphatic rings. The van der Waals surface area contributed by atoms with Gasteiger partial charge < -0.3 is 19.4 Å². The highest BCUT2D eigenvalue weighted by molar-refractivity contribution is 14.0. The van der Waals surface area contributed by atoms with Crippen LogP contribution < -0.4 is 5.32 Å². The van der Waals surface area contributed by atoms with Crippen LogP contribution in [0.25, 0.3) is 0 Å². The summed E-state index contributed by atoms with van der Waals surface area (Å²) in [5.41, 5.74) is 1.42. The lowest BCUT2D eigenvalue weighted by atomic mass is 9.99. The normalized spacial score (nSPS) is 17.2. The van der Waals surface area contributed by atoms with Crippen LogP contribution in [0.15, 0.2) is 58.1 Å². The molecule has 1 fully saturated rings. The standard InChI is InChI=1S/C20H27N3O2.HI/c1-21-20(22-11-6-13-24-16-19-9-5-14-25-19)23-12-10-18(15-23)17-7-3-2-4-8-17;/h2-5,7-9,14,18H,6,10-13,15-16H2,1H3,(H,21,22);1H. The molecule has 1 unspecified atom stereocenters. The monoisotopic (exact) mass is 469 g/mol. The number of rotatable bonds is 7. The number of guanidine groups is 1. The smallest absolute Gasteiger partial charge is 0.193 e. The van der Waals surface area contributed by atoms with Crippen LogP contribution in [0.4, 0.5) is 0 Å². The van der Waals surface area contributed by atoms with Gasteiger partial charge in [-0.2, -0.15) is 0 Å². The molecule has 0 radical (unpaired) electrons. The predicted molar refractivity (Wildman–Crippen MR) is 115 cm³/mol. The van der Waals surface area contributed by atoms with Crippen molar-refractivity contribution in [3.63, 3.8) is 0 Å². The van der Waals surface area contributed by atoms with E-state index in [-0.39, 0.29) is 24.0 Å². The van der Waals surface area contributed by atoms with Gasteiger partial charge in [0.2, 0.25) is 0 Å². The van der Waals surface area contributed by atoms with E-state index < -0.39 is 0 Å². The van der Waals surface area contributed by atoms with E-state index in [1.54, 1.807) is 6.26 Å². The molecule has 2 aromatic rings. The number of halogens is 1. The molecular formula is C20H28IN3O2. The molecule has 1 N–H and O–H groups in total. The second kappa shape index (κ2) is 11.2. The summed E-state index contributed by atoms with van der Waals surface area (Å²) in [6.45, 7) is 4.17. The van der Waals surface area contributed by atoms with Crippen molar-refractivity contribution in [3.05, 3.63) is 60.1 Å². The van der Waals surface area contributed by atoms with Gasteiger partial charge in [0, 0.05) is 39.2 Å². The topological polar surface area (TPSA) is 50.0 Å². The van der Waals surface area contributed by atoms with Gasteiger partial charge in [-0.1, -0.05) is 30.3 Å². The van der Waals surface area contributed by atoms with Crippen molar-refractivity contribution < 1.29 is 9.15 Å². The molecule has 1 saturated heterocycles. The maximum atomic E-state index is 5.61. The maximum Gasteiger partial charge on any atom is 0.193 e. The average molecular weight is 469 g/mol. The van der Waals surface area contributed by atoms with Crippen molar-refractivity contribution in [1.29, 1.82) is 0 Å². The van der Waals surface area contributed by atoms with Crippen molar-refractivity contribution in [2.75, 3.05) is 33.3 Å². The van der Waals surface area contributed by atoms with Gasteiger partial charge in [-0.15, -0.1) is 24.0 Å². The highest BCUT2D eigenvalue weighted by atomic mass is 127. The van der Waals surface area contributed by atoms with Gasteiger partial charge in [-0.25, -0.2) is 0 Å². The third-order valence-corrected chi connectivity index (χ3v) is 4.54. The van der Waals surface area contributed by atoms with E-state index in [0.29, 0.717) is 19.1 Å². The molecule has 26 heavy (non-hydrogen) atoms. The van der Waals surface area contributed by atoms with Crippen molar-refractivity contribution in [1.82, 2.24) is 10.2 Å². The van der Waals surface area contributed by atoms with Gasteiger partial charge in [0.1, 0.15) is 12.4 Å². The van der Waals surface area contributed by atoms with Gasteiger partial charge in [-0.3, -0.25) is 4.99 Å². The molecular weight excluding hydrogens is 441 g/mol. The predicted octanol–water partition coefficient (Wildman–Crippen LogP) is 3.87. The number of benzene rings is 1. The molecule has 5 nitrogen and oxygen atoms in total.